The van der Waals surface area contributed by atoms with Crippen LogP contribution in [0.1, 0.15) is 5.56 Å². The Balaban J connectivity index is 1.40. The fourth-order valence-electron chi connectivity index (χ4n) is 2.27. The molecule has 122 valence electrons. The van der Waals surface area contributed by atoms with Crippen molar-refractivity contribution in [1.82, 2.24) is 4.98 Å². The lowest BCUT2D eigenvalue weighted by molar-refractivity contribution is 0.0696. The Morgan fingerprint density at radius 1 is 1.00 bits per heavy atom. The molecule has 5 nitrogen and oxygen atoms in total. The first-order valence-electron chi connectivity index (χ1n) is 7.70. The van der Waals surface area contributed by atoms with Crippen LogP contribution in [0.5, 0.6) is 0 Å². The minimum Gasteiger partial charge on any atom is -0.447 e. The molecule has 0 aliphatic carbocycles. The topological polar surface area (TPSA) is 60.5 Å². The van der Waals surface area contributed by atoms with E-state index >= 15 is 0 Å². The summed E-state index contributed by atoms with van der Waals surface area (Å²) in [5.41, 5.74) is 1.77. The summed E-state index contributed by atoms with van der Waals surface area (Å²) >= 11 is 0. The lowest BCUT2D eigenvalue weighted by Gasteiger charge is -2.08. The highest BCUT2D eigenvalue weighted by Crippen LogP contribution is 2.17. The Morgan fingerprint density at radius 3 is 2.75 bits per heavy atom. The van der Waals surface area contributed by atoms with Crippen molar-refractivity contribution in [3.63, 3.8) is 0 Å². The van der Waals surface area contributed by atoms with Crippen LogP contribution >= 0.6 is 0 Å². The fraction of sp³-hybridized carbons (Fsp3) is 0.158. The first kappa shape index (κ1) is 16.0. The molecule has 0 saturated heterocycles. The maximum absolute atomic E-state index is 11.8. The number of nitrogens with zero attached hydrogens (tertiary/aromatic N) is 1. The summed E-state index contributed by atoms with van der Waals surface area (Å²) < 4.78 is 10.6. The van der Waals surface area contributed by atoms with Gasteiger partial charge >= 0.3 is 6.09 Å². The summed E-state index contributed by atoms with van der Waals surface area (Å²) in [6.07, 6.45) is 3.00. The Hall–Kier alpha value is -2.92. The van der Waals surface area contributed by atoms with Crippen LogP contribution < -0.4 is 5.32 Å². The number of pyridine rings is 1. The minimum atomic E-state index is -0.494. The molecule has 3 aromatic rings. The van der Waals surface area contributed by atoms with Gasteiger partial charge in [0.15, 0.2) is 0 Å². The third-order valence-corrected chi connectivity index (χ3v) is 3.46. The van der Waals surface area contributed by atoms with Gasteiger partial charge in [0.25, 0.3) is 0 Å². The molecule has 0 atom stereocenters. The SMILES string of the molecule is O=C(Nc1ccc2cnccc2c1)OCCOCc1ccccc1. The van der Waals surface area contributed by atoms with Crippen LogP contribution in [0.15, 0.2) is 67.0 Å². The van der Waals surface area contributed by atoms with E-state index < -0.39 is 6.09 Å². The van der Waals surface area contributed by atoms with Gasteiger partial charge in [-0.15, -0.1) is 0 Å². The molecule has 5 heteroatoms. The van der Waals surface area contributed by atoms with Crippen LogP contribution in [0.2, 0.25) is 0 Å². The molecule has 0 aliphatic heterocycles. The van der Waals surface area contributed by atoms with Crippen LogP contribution in [0.3, 0.4) is 0 Å². The Kier molecular flexibility index (Phi) is 5.37. The van der Waals surface area contributed by atoms with Crippen LogP contribution in [-0.4, -0.2) is 24.3 Å². The highest BCUT2D eigenvalue weighted by molar-refractivity contribution is 5.90. The smallest absolute Gasteiger partial charge is 0.411 e. The summed E-state index contributed by atoms with van der Waals surface area (Å²) in [6, 6.07) is 17.3. The summed E-state index contributed by atoms with van der Waals surface area (Å²) in [5, 5.41) is 4.73. The van der Waals surface area contributed by atoms with Gasteiger partial charge in [-0.3, -0.25) is 10.3 Å². The van der Waals surface area contributed by atoms with Crippen molar-refractivity contribution >= 4 is 22.6 Å². The molecule has 0 fully saturated rings. The average Bonchev–Trinajstić information content (AvgIpc) is 2.62. The van der Waals surface area contributed by atoms with Crippen LogP contribution in [0, 0.1) is 0 Å². The van der Waals surface area contributed by atoms with Gasteiger partial charge in [0.2, 0.25) is 0 Å². The second kappa shape index (κ2) is 8.08. The lowest BCUT2D eigenvalue weighted by Crippen LogP contribution is -2.16. The number of hydrogen-bond acceptors (Lipinski definition) is 4. The van der Waals surface area contributed by atoms with E-state index in [4.69, 9.17) is 9.47 Å². The first-order chi connectivity index (χ1) is 11.8. The molecule has 1 heterocycles. The largest absolute Gasteiger partial charge is 0.447 e. The third-order valence-electron chi connectivity index (χ3n) is 3.46. The van der Waals surface area contributed by atoms with E-state index in [1.807, 2.05) is 54.6 Å². The summed E-state index contributed by atoms with van der Waals surface area (Å²) in [6.45, 7) is 1.06. The maximum atomic E-state index is 11.8. The van der Waals surface area contributed by atoms with Crippen molar-refractivity contribution in [3.8, 4) is 0 Å². The number of ether oxygens (including phenoxy) is 2. The average molecular weight is 322 g/mol. The van der Waals surface area contributed by atoms with Gasteiger partial charge in [0.1, 0.15) is 6.61 Å². The quantitative estimate of drug-likeness (QED) is 0.697. The first-order valence-corrected chi connectivity index (χ1v) is 7.70. The fourth-order valence-corrected chi connectivity index (χ4v) is 2.27. The molecule has 1 N–H and O–H groups in total. The zero-order chi connectivity index (χ0) is 16.6. The number of aromatic nitrogens is 1. The van der Waals surface area contributed by atoms with Crippen molar-refractivity contribution in [2.75, 3.05) is 18.5 Å². The van der Waals surface area contributed by atoms with E-state index in [9.17, 15) is 4.79 Å². The van der Waals surface area contributed by atoms with E-state index in [0.29, 0.717) is 18.9 Å². The second-order valence-electron chi connectivity index (χ2n) is 5.24. The van der Waals surface area contributed by atoms with Crippen molar-refractivity contribution in [3.05, 3.63) is 72.6 Å². The monoisotopic (exact) mass is 322 g/mol. The predicted octanol–water partition coefficient (Wildman–Crippen LogP) is 4.00. The van der Waals surface area contributed by atoms with Gasteiger partial charge in [-0.05, 0) is 29.1 Å². The lowest BCUT2D eigenvalue weighted by atomic mass is 10.1. The zero-order valence-electron chi connectivity index (χ0n) is 13.1. The summed E-state index contributed by atoms with van der Waals surface area (Å²) in [5.74, 6) is 0. The number of hydrogen-bond donors (Lipinski definition) is 1. The Labute approximate surface area is 140 Å². The Morgan fingerprint density at radius 2 is 1.88 bits per heavy atom. The van der Waals surface area contributed by atoms with Gasteiger partial charge in [-0.25, -0.2) is 4.79 Å². The second-order valence-corrected chi connectivity index (χ2v) is 5.24. The Bertz CT molecular complexity index is 806. The number of benzene rings is 2. The van der Waals surface area contributed by atoms with Crippen molar-refractivity contribution in [2.24, 2.45) is 0 Å². The van der Waals surface area contributed by atoms with Crippen LogP contribution in [-0.2, 0) is 16.1 Å². The van der Waals surface area contributed by atoms with E-state index in [0.717, 1.165) is 16.3 Å². The van der Waals surface area contributed by atoms with E-state index in [1.165, 1.54) is 0 Å². The molecule has 0 saturated carbocycles. The summed E-state index contributed by atoms with van der Waals surface area (Å²) in [4.78, 5) is 15.8. The number of carbonyl (C=O) groups excluding carboxylic acids is 1. The van der Waals surface area contributed by atoms with Gasteiger partial charge < -0.3 is 9.47 Å². The molecule has 0 spiro atoms. The van der Waals surface area contributed by atoms with Crippen molar-refractivity contribution < 1.29 is 14.3 Å². The molecule has 0 aliphatic rings. The molecule has 0 unspecified atom stereocenters. The highest BCUT2D eigenvalue weighted by Gasteiger charge is 2.04. The zero-order valence-corrected chi connectivity index (χ0v) is 13.1. The predicted molar refractivity (Wildman–Crippen MR) is 92.8 cm³/mol. The van der Waals surface area contributed by atoms with E-state index in [-0.39, 0.29) is 6.61 Å². The number of rotatable bonds is 6. The molecular weight excluding hydrogens is 304 g/mol. The van der Waals surface area contributed by atoms with Crippen LogP contribution in [0.25, 0.3) is 10.8 Å². The van der Waals surface area contributed by atoms with Gasteiger partial charge in [-0.2, -0.15) is 0 Å². The molecule has 0 bridgehead atoms. The van der Waals surface area contributed by atoms with Gasteiger partial charge in [-0.1, -0.05) is 36.4 Å². The molecule has 2 aromatic carbocycles. The standard InChI is InChI=1S/C19H18N2O3/c22-19(24-11-10-23-14-15-4-2-1-3-5-15)21-18-7-6-17-13-20-9-8-16(17)12-18/h1-9,12-13H,10-11,14H2,(H,21,22). The van der Waals surface area contributed by atoms with Gasteiger partial charge in [0.05, 0.1) is 13.2 Å². The molecule has 3 rings (SSSR count). The van der Waals surface area contributed by atoms with Crippen molar-refractivity contribution in [1.29, 1.82) is 0 Å². The molecule has 24 heavy (non-hydrogen) atoms. The number of carbonyl (C=O) groups is 1. The van der Waals surface area contributed by atoms with Gasteiger partial charge in [0, 0.05) is 23.5 Å². The minimum absolute atomic E-state index is 0.205. The molecule has 1 amide bonds. The van der Waals surface area contributed by atoms with Crippen LogP contribution in [0.4, 0.5) is 10.5 Å². The number of fused-ring (bicyclic) bond motifs is 1. The highest BCUT2D eigenvalue weighted by atomic mass is 16.6. The molecular formula is C19H18N2O3. The third kappa shape index (κ3) is 4.54. The summed E-state index contributed by atoms with van der Waals surface area (Å²) in [7, 11) is 0. The van der Waals surface area contributed by atoms with E-state index in [2.05, 4.69) is 10.3 Å². The van der Waals surface area contributed by atoms with Crippen molar-refractivity contribution in [2.45, 2.75) is 6.61 Å². The van der Waals surface area contributed by atoms with E-state index in [1.54, 1.807) is 12.4 Å². The number of anilines is 1. The molecule has 1 aromatic heterocycles. The number of nitrogens with one attached hydrogen (secondary N) is 1. The number of amides is 1. The normalized spacial score (nSPS) is 10.5. The molecule has 0 radical (unpaired) electrons. The maximum Gasteiger partial charge on any atom is 0.411 e.